The Kier molecular flexibility index (Phi) is 2.69. The number of sulfone groups is 1. The van der Waals surface area contributed by atoms with Crippen LogP contribution in [0, 0.1) is 11.3 Å². The van der Waals surface area contributed by atoms with E-state index in [1.54, 1.807) is 0 Å². The lowest BCUT2D eigenvalue weighted by Gasteiger charge is -1.88. The van der Waals surface area contributed by atoms with E-state index in [2.05, 4.69) is 15.1 Å². The molecule has 8 heteroatoms. The number of hydrogen-bond acceptors (Lipinski definition) is 6. The second-order valence-corrected chi connectivity index (χ2v) is 5.64. The quantitative estimate of drug-likeness (QED) is 0.850. The van der Waals surface area contributed by atoms with Crippen molar-refractivity contribution in [2.24, 2.45) is 0 Å². The van der Waals surface area contributed by atoms with Crippen molar-refractivity contribution in [1.82, 2.24) is 15.1 Å². The lowest BCUT2D eigenvalue weighted by atomic mass is 10.3. The van der Waals surface area contributed by atoms with Crippen LogP contribution in [0.4, 0.5) is 0 Å². The summed E-state index contributed by atoms with van der Waals surface area (Å²) in [5.41, 5.74) is 0.914. The molecule has 0 atom stereocenters. The van der Waals surface area contributed by atoms with Gasteiger partial charge in [-0.1, -0.05) is 5.16 Å². The summed E-state index contributed by atoms with van der Waals surface area (Å²) in [6.07, 6.45) is 2.63. The lowest BCUT2D eigenvalue weighted by molar-refractivity contribution is 0.424. The summed E-state index contributed by atoms with van der Waals surface area (Å²) >= 11 is 0. The van der Waals surface area contributed by atoms with Crippen LogP contribution in [0.15, 0.2) is 16.8 Å². The molecule has 88 valence electrons. The second kappa shape index (κ2) is 4.03. The van der Waals surface area contributed by atoms with Crippen LogP contribution in [0.5, 0.6) is 0 Å². The molecule has 0 aliphatic carbocycles. The van der Waals surface area contributed by atoms with Gasteiger partial charge in [0.25, 0.3) is 5.89 Å². The Labute approximate surface area is 97.0 Å². The Balaban J connectivity index is 2.27. The van der Waals surface area contributed by atoms with E-state index in [9.17, 15) is 8.42 Å². The molecule has 0 amide bonds. The van der Waals surface area contributed by atoms with Crippen molar-refractivity contribution in [3.63, 3.8) is 0 Å². The number of nitrogens with one attached hydrogen (secondary N) is 1. The highest BCUT2D eigenvalue weighted by atomic mass is 32.2. The highest BCUT2D eigenvalue weighted by Crippen LogP contribution is 2.18. The molecule has 0 radical (unpaired) electrons. The van der Waals surface area contributed by atoms with E-state index in [0.29, 0.717) is 11.3 Å². The van der Waals surface area contributed by atoms with Gasteiger partial charge in [-0.25, -0.2) is 8.42 Å². The Morgan fingerprint density at radius 1 is 1.59 bits per heavy atom. The van der Waals surface area contributed by atoms with Crippen LogP contribution in [-0.2, 0) is 15.6 Å². The van der Waals surface area contributed by atoms with Gasteiger partial charge in [0.15, 0.2) is 15.7 Å². The van der Waals surface area contributed by atoms with Crippen molar-refractivity contribution in [2.75, 3.05) is 6.26 Å². The zero-order valence-corrected chi connectivity index (χ0v) is 9.65. The first-order chi connectivity index (χ1) is 7.98. The molecule has 0 spiro atoms. The maximum atomic E-state index is 11.0. The van der Waals surface area contributed by atoms with Gasteiger partial charge in [0.2, 0.25) is 0 Å². The molecule has 0 aliphatic rings. The molecule has 0 saturated heterocycles. The fourth-order valence-corrected chi connectivity index (χ4v) is 1.83. The second-order valence-electron chi connectivity index (χ2n) is 3.50. The zero-order chi connectivity index (χ0) is 12.5. The van der Waals surface area contributed by atoms with Crippen molar-refractivity contribution in [3.8, 4) is 17.5 Å². The maximum absolute atomic E-state index is 11.0. The average molecular weight is 252 g/mol. The van der Waals surface area contributed by atoms with E-state index < -0.39 is 9.84 Å². The van der Waals surface area contributed by atoms with Crippen LogP contribution in [-0.4, -0.2) is 29.8 Å². The van der Waals surface area contributed by atoms with Gasteiger partial charge in [0.05, 0.1) is 5.56 Å². The SMILES string of the molecule is CS(=O)(=O)Cc1noc(-c2c[nH]c(C#N)c2)n1. The molecule has 0 aromatic carbocycles. The summed E-state index contributed by atoms with van der Waals surface area (Å²) in [7, 11) is -3.19. The van der Waals surface area contributed by atoms with E-state index in [1.165, 1.54) is 12.3 Å². The largest absolute Gasteiger partial charge is 0.352 e. The minimum Gasteiger partial charge on any atom is -0.352 e. The van der Waals surface area contributed by atoms with Gasteiger partial charge in [0.1, 0.15) is 17.5 Å². The Morgan fingerprint density at radius 2 is 2.35 bits per heavy atom. The predicted molar refractivity (Wildman–Crippen MR) is 57.3 cm³/mol. The van der Waals surface area contributed by atoms with Crippen LogP contribution < -0.4 is 0 Å². The minimum atomic E-state index is -3.19. The van der Waals surface area contributed by atoms with E-state index >= 15 is 0 Å². The van der Waals surface area contributed by atoms with Crippen molar-refractivity contribution < 1.29 is 12.9 Å². The first-order valence-corrected chi connectivity index (χ1v) is 6.63. The molecular formula is C9H8N4O3S. The first kappa shape index (κ1) is 11.3. The summed E-state index contributed by atoms with van der Waals surface area (Å²) in [5.74, 6) is 0.00932. The van der Waals surface area contributed by atoms with E-state index in [-0.39, 0.29) is 17.5 Å². The van der Waals surface area contributed by atoms with E-state index in [0.717, 1.165) is 6.26 Å². The van der Waals surface area contributed by atoms with E-state index in [1.807, 2.05) is 6.07 Å². The number of aromatic nitrogens is 3. The Hall–Kier alpha value is -2.14. The van der Waals surface area contributed by atoms with Crippen molar-refractivity contribution >= 4 is 9.84 Å². The number of rotatable bonds is 3. The molecule has 17 heavy (non-hydrogen) atoms. The van der Waals surface area contributed by atoms with Crippen LogP contribution in [0.3, 0.4) is 0 Å². The summed E-state index contributed by atoms with van der Waals surface area (Å²) in [5, 5.41) is 12.2. The summed E-state index contributed by atoms with van der Waals surface area (Å²) in [6.45, 7) is 0. The lowest BCUT2D eigenvalue weighted by Crippen LogP contribution is -2.02. The molecule has 0 bridgehead atoms. The topological polar surface area (TPSA) is 113 Å². The molecule has 7 nitrogen and oxygen atoms in total. The highest BCUT2D eigenvalue weighted by Gasteiger charge is 2.14. The minimum absolute atomic E-state index is 0.0993. The van der Waals surface area contributed by atoms with Crippen LogP contribution >= 0.6 is 0 Å². The predicted octanol–water partition coefficient (Wildman–Crippen LogP) is 0.481. The fraction of sp³-hybridized carbons (Fsp3) is 0.222. The molecule has 0 fully saturated rings. The van der Waals surface area contributed by atoms with Gasteiger partial charge in [-0.2, -0.15) is 10.2 Å². The van der Waals surface area contributed by atoms with Gasteiger partial charge in [-0.15, -0.1) is 0 Å². The molecule has 2 heterocycles. The number of H-pyrrole nitrogens is 1. The molecule has 0 unspecified atom stereocenters. The third-order valence-electron chi connectivity index (χ3n) is 1.91. The van der Waals surface area contributed by atoms with Crippen LogP contribution in [0.1, 0.15) is 11.5 Å². The van der Waals surface area contributed by atoms with Crippen molar-refractivity contribution in [1.29, 1.82) is 5.26 Å². The smallest absolute Gasteiger partial charge is 0.259 e. The molecule has 1 N–H and O–H groups in total. The highest BCUT2D eigenvalue weighted by molar-refractivity contribution is 7.89. The van der Waals surface area contributed by atoms with Crippen LogP contribution in [0.2, 0.25) is 0 Å². The normalized spacial score (nSPS) is 11.3. The number of aromatic amines is 1. The van der Waals surface area contributed by atoms with Gasteiger partial charge in [0, 0.05) is 12.5 Å². The molecular weight excluding hydrogens is 244 g/mol. The zero-order valence-electron chi connectivity index (χ0n) is 8.84. The molecule has 2 aromatic heterocycles. The van der Waals surface area contributed by atoms with Gasteiger partial charge in [-0.05, 0) is 6.07 Å². The fourth-order valence-electron chi connectivity index (χ4n) is 1.25. The first-order valence-electron chi connectivity index (χ1n) is 4.57. The molecule has 2 rings (SSSR count). The third-order valence-corrected chi connectivity index (χ3v) is 2.69. The number of nitrogens with zero attached hydrogens (tertiary/aromatic N) is 3. The Bertz CT molecular complexity index is 677. The van der Waals surface area contributed by atoms with Crippen LogP contribution in [0.25, 0.3) is 11.5 Å². The molecule has 0 saturated carbocycles. The van der Waals surface area contributed by atoms with Crippen molar-refractivity contribution in [3.05, 3.63) is 23.8 Å². The third kappa shape index (κ3) is 2.70. The average Bonchev–Trinajstić information content (AvgIpc) is 2.82. The summed E-state index contributed by atoms with van der Waals surface area (Å²) in [6, 6.07) is 3.46. The van der Waals surface area contributed by atoms with Gasteiger partial charge in [-0.3, -0.25) is 0 Å². The van der Waals surface area contributed by atoms with Gasteiger partial charge >= 0.3 is 0 Å². The monoisotopic (exact) mass is 252 g/mol. The van der Waals surface area contributed by atoms with E-state index in [4.69, 9.17) is 9.78 Å². The summed E-state index contributed by atoms with van der Waals surface area (Å²) in [4.78, 5) is 6.63. The summed E-state index contributed by atoms with van der Waals surface area (Å²) < 4.78 is 27.0. The Morgan fingerprint density at radius 3 is 2.94 bits per heavy atom. The van der Waals surface area contributed by atoms with Crippen molar-refractivity contribution in [2.45, 2.75) is 5.75 Å². The molecule has 2 aromatic rings. The number of hydrogen-bond donors (Lipinski definition) is 1. The standard InChI is InChI=1S/C9H8N4O3S/c1-17(14,15)5-8-12-9(16-13-8)6-2-7(3-10)11-4-6/h2,4,11H,5H2,1H3. The van der Waals surface area contributed by atoms with Gasteiger partial charge < -0.3 is 9.51 Å². The molecule has 0 aliphatic heterocycles. The number of nitriles is 1. The maximum Gasteiger partial charge on any atom is 0.259 e.